The van der Waals surface area contributed by atoms with Crippen LogP contribution in [0.2, 0.25) is 0 Å². The van der Waals surface area contributed by atoms with E-state index in [4.69, 9.17) is 9.15 Å². The Balaban J connectivity index is 2.04. The van der Waals surface area contributed by atoms with E-state index in [0.29, 0.717) is 6.10 Å². The third-order valence-corrected chi connectivity index (χ3v) is 2.80. The van der Waals surface area contributed by atoms with Gasteiger partial charge in [-0.3, -0.25) is 0 Å². The molecule has 0 aliphatic carbocycles. The van der Waals surface area contributed by atoms with Crippen molar-refractivity contribution in [1.82, 2.24) is 5.32 Å². The minimum atomic E-state index is 0.272. The summed E-state index contributed by atoms with van der Waals surface area (Å²) in [5.41, 5.74) is 1.18. The molecule has 0 spiro atoms. The van der Waals surface area contributed by atoms with E-state index in [9.17, 15) is 0 Å². The molecule has 0 amide bonds. The van der Waals surface area contributed by atoms with Crippen molar-refractivity contribution in [2.24, 2.45) is 0 Å². The summed E-state index contributed by atoms with van der Waals surface area (Å²) in [5.74, 6) is 0. The minimum Gasteiger partial charge on any atom is -0.472 e. The summed E-state index contributed by atoms with van der Waals surface area (Å²) >= 11 is 0. The molecule has 1 aliphatic rings. The van der Waals surface area contributed by atoms with Crippen LogP contribution in [0.5, 0.6) is 0 Å². The first-order chi connectivity index (χ1) is 6.92. The lowest BCUT2D eigenvalue weighted by molar-refractivity contribution is -0.00673. The molecule has 0 radical (unpaired) electrons. The molecule has 2 unspecified atom stereocenters. The van der Waals surface area contributed by atoms with Crippen molar-refractivity contribution in [2.45, 2.75) is 31.4 Å². The van der Waals surface area contributed by atoms with Crippen molar-refractivity contribution in [3.63, 3.8) is 0 Å². The van der Waals surface area contributed by atoms with Gasteiger partial charge < -0.3 is 14.5 Å². The monoisotopic (exact) mass is 195 g/mol. The van der Waals surface area contributed by atoms with Crippen molar-refractivity contribution >= 4 is 0 Å². The molecule has 3 nitrogen and oxygen atoms in total. The lowest BCUT2D eigenvalue weighted by atomic mass is 9.98. The molecule has 1 saturated heterocycles. The Kier molecular flexibility index (Phi) is 3.22. The van der Waals surface area contributed by atoms with E-state index >= 15 is 0 Å². The van der Waals surface area contributed by atoms with Gasteiger partial charge in [-0.15, -0.1) is 0 Å². The van der Waals surface area contributed by atoms with Crippen LogP contribution in [0.3, 0.4) is 0 Å². The van der Waals surface area contributed by atoms with Gasteiger partial charge in [0.2, 0.25) is 0 Å². The molecule has 1 N–H and O–H groups in total. The quantitative estimate of drug-likeness (QED) is 0.802. The van der Waals surface area contributed by atoms with E-state index < -0.39 is 0 Å². The van der Waals surface area contributed by atoms with Crippen LogP contribution in [-0.4, -0.2) is 19.8 Å². The normalized spacial score (nSPS) is 24.8. The number of hydrogen-bond acceptors (Lipinski definition) is 3. The summed E-state index contributed by atoms with van der Waals surface area (Å²) in [6.45, 7) is 0.890. The Morgan fingerprint density at radius 3 is 3.00 bits per heavy atom. The van der Waals surface area contributed by atoms with E-state index in [1.807, 2.05) is 13.1 Å². The minimum absolute atomic E-state index is 0.272. The maximum atomic E-state index is 5.75. The summed E-state index contributed by atoms with van der Waals surface area (Å²) in [6, 6.07) is 2.27. The lowest BCUT2D eigenvalue weighted by Crippen LogP contribution is -2.33. The lowest BCUT2D eigenvalue weighted by Gasteiger charge is -2.29. The van der Waals surface area contributed by atoms with Crippen molar-refractivity contribution in [1.29, 1.82) is 0 Å². The van der Waals surface area contributed by atoms with Gasteiger partial charge in [-0.05, 0) is 32.4 Å². The molecule has 78 valence electrons. The first-order valence-electron chi connectivity index (χ1n) is 5.23. The molecule has 0 bridgehead atoms. The van der Waals surface area contributed by atoms with E-state index in [1.165, 1.54) is 18.4 Å². The molecule has 1 aromatic heterocycles. The van der Waals surface area contributed by atoms with Gasteiger partial charge in [-0.2, -0.15) is 0 Å². The molecule has 1 aromatic rings. The number of likely N-dealkylation sites (N-methyl/N-ethyl adjacent to an activating group) is 1. The van der Waals surface area contributed by atoms with Crippen LogP contribution >= 0.6 is 0 Å². The fourth-order valence-corrected chi connectivity index (χ4v) is 2.05. The number of furan rings is 1. The highest BCUT2D eigenvalue weighted by molar-refractivity contribution is 5.13. The van der Waals surface area contributed by atoms with Crippen LogP contribution in [0.1, 0.15) is 30.9 Å². The zero-order valence-corrected chi connectivity index (χ0v) is 8.53. The van der Waals surface area contributed by atoms with Crippen LogP contribution < -0.4 is 5.32 Å². The van der Waals surface area contributed by atoms with Crippen LogP contribution in [-0.2, 0) is 4.74 Å². The third-order valence-electron chi connectivity index (χ3n) is 2.80. The maximum absolute atomic E-state index is 5.75. The molecule has 0 aromatic carbocycles. The summed E-state index contributed by atoms with van der Waals surface area (Å²) in [7, 11) is 1.97. The largest absolute Gasteiger partial charge is 0.472 e. The van der Waals surface area contributed by atoms with E-state index in [-0.39, 0.29) is 6.04 Å². The second kappa shape index (κ2) is 4.62. The number of nitrogens with one attached hydrogen (secondary N) is 1. The van der Waals surface area contributed by atoms with Crippen molar-refractivity contribution in [3.8, 4) is 0 Å². The van der Waals surface area contributed by atoms with Gasteiger partial charge in [0.15, 0.2) is 0 Å². The fraction of sp³-hybridized carbons (Fsp3) is 0.636. The smallest absolute Gasteiger partial charge is 0.0951 e. The Labute approximate surface area is 84.4 Å². The maximum Gasteiger partial charge on any atom is 0.0951 e. The van der Waals surface area contributed by atoms with Gasteiger partial charge in [-0.1, -0.05) is 0 Å². The molecular weight excluding hydrogens is 178 g/mol. The summed E-state index contributed by atoms with van der Waals surface area (Å²) in [4.78, 5) is 0. The van der Waals surface area contributed by atoms with Crippen molar-refractivity contribution < 1.29 is 9.15 Å². The average Bonchev–Trinajstić information content (AvgIpc) is 2.74. The number of ether oxygens (including phenoxy) is 1. The summed E-state index contributed by atoms with van der Waals surface area (Å²) in [5, 5.41) is 3.29. The zero-order valence-electron chi connectivity index (χ0n) is 8.53. The second-order valence-corrected chi connectivity index (χ2v) is 3.73. The molecule has 2 rings (SSSR count). The molecule has 0 saturated carbocycles. The molecule has 3 heteroatoms. The van der Waals surface area contributed by atoms with Crippen molar-refractivity contribution in [3.05, 3.63) is 24.2 Å². The third kappa shape index (κ3) is 1.99. The van der Waals surface area contributed by atoms with Crippen LogP contribution in [0.25, 0.3) is 0 Å². The molecule has 1 fully saturated rings. The molecule has 1 aliphatic heterocycles. The topological polar surface area (TPSA) is 34.4 Å². The zero-order chi connectivity index (χ0) is 9.80. The first kappa shape index (κ1) is 9.74. The van der Waals surface area contributed by atoms with Crippen LogP contribution in [0.15, 0.2) is 23.0 Å². The summed E-state index contributed by atoms with van der Waals surface area (Å²) < 4.78 is 10.8. The molecule has 14 heavy (non-hydrogen) atoms. The standard InChI is InChI=1S/C11H17NO2/c1-12-11(9-5-7-13-8-9)10-4-2-3-6-14-10/h5,7-8,10-12H,2-4,6H2,1H3. The van der Waals surface area contributed by atoms with E-state index in [2.05, 4.69) is 5.32 Å². The molecule has 2 heterocycles. The Morgan fingerprint density at radius 2 is 2.43 bits per heavy atom. The highest BCUT2D eigenvalue weighted by Gasteiger charge is 2.25. The highest BCUT2D eigenvalue weighted by atomic mass is 16.5. The SMILES string of the molecule is CNC(c1ccoc1)C1CCCCO1. The van der Waals surface area contributed by atoms with Crippen LogP contribution in [0, 0.1) is 0 Å². The molecule has 2 atom stereocenters. The van der Waals surface area contributed by atoms with E-state index in [0.717, 1.165) is 13.0 Å². The Hall–Kier alpha value is -0.800. The molecular formula is C11H17NO2. The second-order valence-electron chi connectivity index (χ2n) is 3.73. The predicted octanol–water partition coefficient (Wildman–Crippen LogP) is 2.11. The van der Waals surface area contributed by atoms with Gasteiger partial charge in [0.25, 0.3) is 0 Å². The highest BCUT2D eigenvalue weighted by Crippen LogP contribution is 2.26. The van der Waals surface area contributed by atoms with Crippen molar-refractivity contribution in [2.75, 3.05) is 13.7 Å². The number of rotatable bonds is 3. The fourth-order valence-electron chi connectivity index (χ4n) is 2.05. The first-order valence-corrected chi connectivity index (χ1v) is 5.23. The Bertz CT molecular complexity index is 252. The van der Waals surface area contributed by atoms with Gasteiger partial charge in [0, 0.05) is 12.2 Å². The predicted molar refractivity (Wildman–Crippen MR) is 54.1 cm³/mol. The van der Waals surface area contributed by atoms with Gasteiger partial charge in [-0.25, -0.2) is 0 Å². The number of hydrogen-bond donors (Lipinski definition) is 1. The Morgan fingerprint density at radius 1 is 1.50 bits per heavy atom. The van der Waals surface area contributed by atoms with Gasteiger partial charge >= 0.3 is 0 Å². The van der Waals surface area contributed by atoms with Crippen LogP contribution in [0.4, 0.5) is 0 Å². The average molecular weight is 195 g/mol. The summed E-state index contributed by atoms with van der Waals surface area (Å²) in [6.07, 6.45) is 7.39. The van der Waals surface area contributed by atoms with Gasteiger partial charge in [0.1, 0.15) is 0 Å². The van der Waals surface area contributed by atoms with Gasteiger partial charge in [0.05, 0.1) is 24.7 Å². The van der Waals surface area contributed by atoms with E-state index in [1.54, 1.807) is 12.5 Å².